The Labute approximate surface area is 169 Å². The third-order valence-electron chi connectivity index (χ3n) is 6.39. The van der Waals surface area contributed by atoms with Crippen LogP contribution in [0.3, 0.4) is 0 Å². The lowest BCUT2D eigenvalue weighted by Crippen LogP contribution is -2.25. The maximum atomic E-state index is 12.4. The van der Waals surface area contributed by atoms with Crippen LogP contribution in [0.5, 0.6) is 0 Å². The van der Waals surface area contributed by atoms with Gasteiger partial charge in [-0.05, 0) is 56.9 Å². The van der Waals surface area contributed by atoms with Gasteiger partial charge >= 0.3 is 0 Å². The molecule has 1 fully saturated rings. The number of allylic oxidation sites excluding steroid dienone is 2. The molecule has 1 saturated carbocycles. The predicted molar refractivity (Wildman–Crippen MR) is 113 cm³/mol. The van der Waals surface area contributed by atoms with Gasteiger partial charge in [0.05, 0.1) is 12.7 Å². The van der Waals surface area contributed by atoms with Gasteiger partial charge in [-0.3, -0.25) is 4.79 Å². The van der Waals surface area contributed by atoms with Gasteiger partial charge in [0.1, 0.15) is 12.6 Å². The first-order chi connectivity index (χ1) is 13.5. The van der Waals surface area contributed by atoms with Gasteiger partial charge in [0, 0.05) is 12.3 Å². The number of rotatable bonds is 5. The molecule has 0 aliphatic heterocycles. The first-order valence-electron chi connectivity index (χ1n) is 10.6. The van der Waals surface area contributed by atoms with E-state index in [2.05, 4.69) is 45.1 Å². The first kappa shape index (κ1) is 21.0. The van der Waals surface area contributed by atoms with Crippen molar-refractivity contribution in [3.8, 4) is 0 Å². The molecule has 1 aromatic carbocycles. The predicted octanol–water partition coefficient (Wildman–Crippen LogP) is 6.00. The summed E-state index contributed by atoms with van der Waals surface area (Å²) in [5.74, 6) is 0.661. The van der Waals surface area contributed by atoms with Crippen molar-refractivity contribution in [2.75, 3.05) is 6.79 Å². The highest BCUT2D eigenvalue weighted by Crippen LogP contribution is 2.47. The van der Waals surface area contributed by atoms with E-state index in [9.17, 15) is 4.79 Å². The Morgan fingerprint density at radius 2 is 1.89 bits per heavy atom. The van der Waals surface area contributed by atoms with Crippen molar-refractivity contribution in [2.24, 2.45) is 11.3 Å². The van der Waals surface area contributed by atoms with Crippen molar-refractivity contribution in [2.45, 2.75) is 72.0 Å². The number of fused-ring (bicyclic) bond motifs is 1. The Hall–Kier alpha value is -1.71. The molecule has 3 rings (SSSR count). The minimum Gasteiger partial charge on any atom is -0.351 e. The highest BCUT2D eigenvalue weighted by Gasteiger charge is 2.43. The molecule has 0 bridgehead atoms. The van der Waals surface area contributed by atoms with Crippen LogP contribution in [0.25, 0.3) is 0 Å². The number of hydrogen-bond donors (Lipinski definition) is 0. The highest BCUT2D eigenvalue weighted by molar-refractivity contribution is 5.84. The Balaban J connectivity index is 1.61. The normalized spacial score (nSPS) is 32.6. The second-order valence-electron chi connectivity index (χ2n) is 8.84. The van der Waals surface area contributed by atoms with Crippen LogP contribution in [0.15, 0.2) is 53.6 Å². The largest absolute Gasteiger partial charge is 0.351 e. The third-order valence-corrected chi connectivity index (χ3v) is 6.39. The van der Waals surface area contributed by atoms with E-state index < -0.39 is 0 Å². The number of carbonyl (C=O) groups is 1. The molecule has 0 N–H and O–H groups in total. The van der Waals surface area contributed by atoms with Gasteiger partial charge < -0.3 is 9.47 Å². The number of carbonyl (C=O) groups excluding carboxylic acids is 1. The van der Waals surface area contributed by atoms with Crippen molar-refractivity contribution in [3.05, 3.63) is 59.2 Å². The summed E-state index contributed by atoms with van der Waals surface area (Å²) in [6.45, 7) is 7.49. The second kappa shape index (κ2) is 9.67. The maximum Gasteiger partial charge on any atom is 0.147 e. The number of ketones is 1. The maximum absolute atomic E-state index is 12.4. The minimum atomic E-state index is 0.0217. The lowest BCUT2D eigenvalue weighted by atomic mass is 9.74. The van der Waals surface area contributed by atoms with E-state index in [4.69, 9.17) is 9.47 Å². The summed E-state index contributed by atoms with van der Waals surface area (Å²) in [7, 11) is 0. The molecule has 1 aromatic rings. The topological polar surface area (TPSA) is 35.5 Å². The summed E-state index contributed by atoms with van der Waals surface area (Å²) in [5.41, 5.74) is 3.92. The molecule has 152 valence electrons. The molecule has 3 heteroatoms. The zero-order valence-electron chi connectivity index (χ0n) is 17.6. The fraction of sp³-hybridized carbons (Fsp3) is 0.560. The lowest BCUT2D eigenvalue weighted by Gasteiger charge is -2.29. The molecule has 1 unspecified atom stereocenters. The van der Waals surface area contributed by atoms with Crippen LogP contribution in [0.2, 0.25) is 0 Å². The summed E-state index contributed by atoms with van der Waals surface area (Å²) in [6.07, 6.45) is 10.2. The lowest BCUT2D eigenvalue weighted by molar-refractivity contribution is -0.122. The van der Waals surface area contributed by atoms with Crippen LogP contribution in [0.4, 0.5) is 0 Å². The molecule has 0 heterocycles. The molecule has 2 aliphatic carbocycles. The molecule has 2 aliphatic rings. The average Bonchev–Trinajstić information content (AvgIpc) is 2.96. The summed E-state index contributed by atoms with van der Waals surface area (Å²) in [5, 5.41) is 0. The molecule has 0 amide bonds. The Morgan fingerprint density at radius 1 is 1.11 bits per heavy atom. The van der Waals surface area contributed by atoms with Gasteiger partial charge in [-0.25, -0.2) is 0 Å². The fourth-order valence-corrected chi connectivity index (χ4v) is 4.52. The van der Waals surface area contributed by atoms with Gasteiger partial charge in [0.15, 0.2) is 0 Å². The van der Waals surface area contributed by atoms with Gasteiger partial charge in [0.2, 0.25) is 0 Å². The van der Waals surface area contributed by atoms with Gasteiger partial charge in [-0.1, -0.05) is 60.6 Å². The zero-order valence-corrected chi connectivity index (χ0v) is 17.6. The molecule has 0 aromatic heterocycles. The van der Waals surface area contributed by atoms with E-state index in [1.54, 1.807) is 0 Å². The summed E-state index contributed by atoms with van der Waals surface area (Å²) in [6, 6.07) is 10.2. The fourth-order valence-electron chi connectivity index (χ4n) is 4.52. The van der Waals surface area contributed by atoms with Crippen LogP contribution in [0.1, 0.15) is 64.9 Å². The summed E-state index contributed by atoms with van der Waals surface area (Å²) < 4.78 is 11.8. The van der Waals surface area contributed by atoms with E-state index in [0.717, 1.165) is 44.1 Å². The SMILES string of the molecule is C/C1=C\[C@H](OCOCc2ccccc2)C/C(C)=C/CC2(C)CCC(=O)[C@@H]2CC1. The number of ether oxygens (including phenoxy) is 2. The zero-order chi connectivity index (χ0) is 20.0. The van der Waals surface area contributed by atoms with Crippen LogP contribution in [-0.2, 0) is 20.9 Å². The highest BCUT2D eigenvalue weighted by atomic mass is 16.7. The Bertz CT molecular complexity index is 719. The molecule has 28 heavy (non-hydrogen) atoms. The first-order valence-corrected chi connectivity index (χ1v) is 10.6. The van der Waals surface area contributed by atoms with Crippen LogP contribution < -0.4 is 0 Å². The van der Waals surface area contributed by atoms with Gasteiger partial charge in [-0.2, -0.15) is 0 Å². The number of benzene rings is 1. The van der Waals surface area contributed by atoms with E-state index in [0.29, 0.717) is 12.4 Å². The van der Waals surface area contributed by atoms with E-state index in [-0.39, 0.29) is 24.2 Å². The van der Waals surface area contributed by atoms with Crippen molar-refractivity contribution in [1.82, 2.24) is 0 Å². The van der Waals surface area contributed by atoms with E-state index in [1.165, 1.54) is 11.1 Å². The smallest absolute Gasteiger partial charge is 0.147 e. The van der Waals surface area contributed by atoms with Crippen molar-refractivity contribution in [3.63, 3.8) is 0 Å². The summed E-state index contributed by atoms with van der Waals surface area (Å²) in [4.78, 5) is 12.4. The standard InChI is InChI=1S/C25H34O3/c1-19-9-10-23-24(26)12-14-25(23,3)13-11-20(2)16-22(15-19)28-18-27-17-21-7-5-4-6-8-21/h4-8,11,15,22-23H,9-10,12-14,16-18H2,1-3H3/b19-15+,20-11+/t22-,23-,25?/m0/s1. The van der Waals surface area contributed by atoms with E-state index in [1.807, 2.05) is 18.2 Å². The van der Waals surface area contributed by atoms with Crippen molar-refractivity contribution < 1.29 is 14.3 Å². The Kier molecular flexibility index (Phi) is 7.25. The third kappa shape index (κ3) is 5.65. The molecule has 3 nitrogen and oxygen atoms in total. The Morgan fingerprint density at radius 3 is 2.68 bits per heavy atom. The van der Waals surface area contributed by atoms with Crippen LogP contribution >= 0.6 is 0 Å². The molecular formula is C25H34O3. The second-order valence-corrected chi connectivity index (χ2v) is 8.84. The van der Waals surface area contributed by atoms with Crippen LogP contribution in [0, 0.1) is 11.3 Å². The summed E-state index contributed by atoms with van der Waals surface area (Å²) >= 11 is 0. The minimum absolute atomic E-state index is 0.0217. The van der Waals surface area contributed by atoms with Crippen molar-refractivity contribution in [1.29, 1.82) is 0 Å². The van der Waals surface area contributed by atoms with Gasteiger partial charge in [0.25, 0.3) is 0 Å². The van der Waals surface area contributed by atoms with Gasteiger partial charge in [-0.15, -0.1) is 0 Å². The number of hydrogen-bond acceptors (Lipinski definition) is 3. The molecular weight excluding hydrogens is 348 g/mol. The molecule has 0 spiro atoms. The van der Waals surface area contributed by atoms with E-state index >= 15 is 0 Å². The van der Waals surface area contributed by atoms with Crippen LogP contribution in [-0.4, -0.2) is 18.7 Å². The molecule has 0 radical (unpaired) electrons. The molecule has 0 saturated heterocycles. The number of Topliss-reactive ketones (excluding diaryl/α,β-unsaturated/α-hetero) is 1. The molecule has 3 atom stereocenters. The average molecular weight is 383 g/mol. The quantitative estimate of drug-likeness (QED) is 0.356. The monoisotopic (exact) mass is 382 g/mol. The van der Waals surface area contributed by atoms with Crippen molar-refractivity contribution >= 4 is 5.78 Å².